The smallest absolute Gasteiger partial charge is 0.321 e. The highest BCUT2D eigenvalue weighted by molar-refractivity contribution is 7.89. The summed E-state index contributed by atoms with van der Waals surface area (Å²) in [5.41, 5.74) is 3.96. The molecule has 0 spiro atoms. The molecule has 0 amide bonds. The summed E-state index contributed by atoms with van der Waals surface area (Å²) in [4.78, 5) is 15.1. The summed E-state index contributed by atoms with van der Waals surface area (Å²) in [6.45, 7) is 0. The van der Waals surface area contributed by atoms with Gasteiger partial charge in [0.2, 0.25) is 10.0 Å². The van der Waals surface area contributed by atoms with Gasteiger partial charge in [-0.05, 0) is 62.3 Å². The van der Waals surface area contributed by atoms with Crippen molar-refractivity contribution < 1.29 is 22.7 Å². The molecule has 1 atom stereocenters. The van der Waals surface area contributed by atoms with Gasteiger partial charge in [0.15, 0.2) is 0 Å². The van der Waals surface area contributed by atoms with Crippen LogP contribution in [-0.2, 0) is 34.1 Å². The molecule has 0 radical (unpaired) electrons. The molecule has 34 heavy (non-hydrogen) atoms. The fourth-order valence-electron chi connectivity index (χ4n) is 4.90. The van der Waals surface area contributed by atoms with Gasteiger partial charge in [0.05, 0.1) is 4.90 Å². The van der Waals surface area contributed by atoms with Gasteiger partial charge >= 0.3 is 5.97 Å². The summed E-state index contributed by atoms with van der Waals surface area (Å²) >= 11 is 0. The molecule has 1 aliphatic rings. The van der Waals surface area contributed by atoms with Gasteiger partial charge in [-0.3, -0.25) is 4.79 Å². The molecule has 0 aliphatic heterocycles. The Labute approximate surface area is 198 Å². The van der Waals surface area contributed by atoms with E-state index in [0.717, 1.165) is 66.1 Å². The summed E-state index contributed by atoms with van der Waals surface area (Å²) in [5.74, 6) is -0.243. The molecule has 2 heterocycles. The number of carboxylic acid groups (broad SMARTS) is 1. The van der Waals surface area contributed by atoms with Crippen molar-refractivity contribution in [2.24, 2.45) is 0 Å². The molecular formula is C26H28N2O5S. The van der Waals surface area contributed by atoms with Crippen LogP contribution in [0.2, 0.25) is 0 Å². The van der Waals surface area contributed by atoms with Gasteiger partial charge in [-0.2, -0.15) is 4.72 Å². The minimum Gasteiger partial charge on any atom is -0.480 e. The fraction of sp³-hybridized carbons (Fsp3) is 0.346. The molecule has 2 aromatic heterocycles. The molecule has 0 bridgehead atoms. The third-order valence-corrected chi connectivity index (χ3v) is 8.17. The van der Waals surface area contributed by atoms with E-state index in [4.69, 9.17) is 4.42 Å². The molecule has 8 heteroatoms. The van der Waals surface area contributed by atoms with Crippen molar-refractivity contribution in [3.63, 3.8) is 0 Å². The van der Waals surface area contributed by atoms with Crippen molar-refractivity contribution >= 4 is 37.9 Å². The van der Waals surface area contributed by atoms with Gasteiger partial charge in [-0.15, -0.1) is 0 Å². The number of rotatable bonds is 9. The Bertz CT molecular complexity index is 1450. The van der Waals surface area contributed by atoms with Gasteiger partial charge < -0.3 is 14.5 Å². The molecule has 4 aromatic rings. The van der Waals surface area contributed by atoms with Crippen LogP contribution in [0, 0.1) is 0 Å². The number of aromatic nitrogens is 1. The number of carboxylic acids is 1. The van der Waals surface area contributed by atoms with E-state index in [0.29, 0.717) is 12.0 Å². The number of hydrogen-bond acceptors (Lipinski definition) is 4. The summed E-state index contributed by atoms with van der Waals surface area (Å²) in [5, 5.41) is 11.7. The molecule has 0 saturated heterocycles. The monoisotopic (exact) mass is 480 g/mol. The second-order valence-electron chi connectivity index (χ2n) is 8.99. The molecule has 1 unspecified atom stereocenters. The van der Waals surface area contributed by atoms with Crippen LogP contribution in [0.5, 0.6) is 0 Å². The molecule has 5 rings (SSSR count). The average molecular weight is 481 g/mol. The SMILES string of the molecule is O=C(O)C(CCCCc1c[nH]c2ccccc12)NS(=O)(=O)c1ccc2c3c(oc2c1)CCCC3. The number of aromatic amines is 1. The maximum absolute atomic E-state index is 13.0. The Balaban J connectivity index is 1.24. The standard InChI is InChI=1S/C26H28N2O5S/c29-26(30)23(11-4-1-7-17-16-27-22-10-5-2-8-19(17)22)28-34(31,32)18-13-14-21-20-9-3-6-12-24(20)33-25(21)15-18/h2,5,8,10,13-16,23,27-28H,1,3-4,6-7,9,11-12H2,(H,29,30). The van der Waals surface area contributed by atoms with Crippen LogP contribution in [0.25, 0.3) is 21.9 Å². The second-order valence-corrected chi connectivity index (χ2v) is 10.7. The number of unbranched alkanes of at least 4 members (excludes halogenated alkanes) is 1. The highest BCUT2D eigenvalue weighted by atomic mass is 32.2. The largest absolute Gasteiger partial charge is 0.480 e. The number of nitrogens with one attached hydrogen (secondary N) is 2. The summed E-state index contributed by atoms with van der Waals surface area (Å²) < 4.78 is 34.3. The van der Waals surface area contributed by atoms with Crippen molar-refractivity contribution in [3.8, 4) is 0 Å². The van der Waals surface area contributed by atoms with E-state index in [9.17, 15) is 18.3 Å². The van der Waals surface area contributed by atoms with Crippen LogP contribution in [-0.4, -0.2) is 30.5 Å². The number of fused-ring (bicyclic) bond motifs is 4. The molecule has 0 saturated carbocycles. The topological polar surface area (TPSA) is 112 Å². The number of benzene rings is 2. The van der Waals surface area contributed by atoms with Gasteiger partial charge in [-0.1, -0.05) is 24.6 Å². The first-order valence-electron chi connectivity index (χ1n) is 11.8. The van der Waals surface area contributed by atoms with E-state index >= 15 is 0 Å². The predicted molar refractivity (Wildman–Crippen MR) is 130 cm³/mol. The van der Waals surface area contributed by atoms with Crippen molar-refractivity contribution in [1.82, 2.24) is 9.71 Å². The fourth-order valence-corrected chi connectivity index (χ4v) is 6.14. The molecule has 3 N–H and O–H groups in total. The quantitative estimate of drug-likeness (QED) is 0.294. The maximum Gasteiger partial charge on any atom is 0.321 e. The summed E-state index contributed by atoms with van der Waals surface area (Å²) in [6, 6.07) is 11.7. The first-order chi connectivity index (χ1) is 16.4. The number of furan rings is 1. The highest BCUT2D eigenvalue weighted by Gasteiger charge is 2.26. The molecule has 2 aromatic carbocycles. The summed E-state index contributed by atoms with van der Waals surface area (Å²) in [6.07, 6.45) is 8.31. The normalized spacial score (nSPS) is 14.9. The van der Waals surface area contributed by atoms with Gasteiger partial charge in [0, 0.05) is 40.5 Å². The molecule has 1 aliphatic carbocycles. The van der Waals surface area contributed by atoms with Gasteiger partial charge in [0.1, 0.15) is 17.4 Å². The number of aliphatic carboxylic acids is 1. The van der Waals surface area contributed by atoms with Gasteiger partial charge in [-0.25, -0.2) is 8.42 Å². The lowest BCUT2D eigenvalue weighted by Gasteiger charge is -2.15. The number of hydrogen-bond donors (Lipinski definition) is 3. The summed E-state index contributed by atoms with van der Waals surface area (Å²) in [7, 11) is -4.00. The minimum atomic E-state index is -4.00. The first kappa shape index (κ1) is 22.7. The second kappa shape index (κ2) is 9.27. The van der Waals surface area contributed by atoms with Crippen LogP contribution in [0.4, 0.5) is 0 Å². The van der Waals surface area contributed by atoms with E-state index in [1.54, 1.807) is 6.07 Å². The Morgan fingerprint density at radius 2 is 1.91 bits per heavy atom. The van der Waals surface area contributed by atoms with E-state index in [2.05, 4.69) is 15.8 Å². The zero-order chi connectivity index (χ0) is 23.7. The third-order valence-electron chi connectivity index (χ3n) is 6.70. The van der Waals surface area contributed by atoms with Crippen LogP contribution >= 0.6 is 0 Å². The minimum absolute atomic E-state index is 0.0242. The van der Waals surface area contributed by atoms with Crippen LogP contribution in [0.15, 0.2) is 58.0 Å². The van der Waals surface area contributed by atoms with E-state index in [1.807, 2.05) is 24.4 Å². The van der Waals surface area contributed by atoms with Crippen molar-refractivity contribution in [2.45, 2.75) is 62.3 Å². The van der Waals surface area contributed by atoms with E-state index in [1.165, 1.54) is 17.7 Å². The maximum atomic E-state index is 13.0. The Morgan fingerprint density at radius 3 is 2.76 bits per heavy atom. The van der Waals surface area contributed by atoms with Gasteiger partial charge in [0.25, 0.3) is 0 Å². The van der Waals surface area contributed by atoms with E-state index in [-0.39, 0.29) is 11.3 Å². The zero-order valence-corrected chi connectivity index (χ0v) is 19.7. The van der Waals surface area contributed by atoms with Crippen LogP contribution in [0.1, 0.15) is 49.0 Å². The van der Waals surface area contributed by atoms with Crippen molar-refractivity contribution in [3.05, 3.63) is 65.5 Å². The first-order valence-corrected chi connectivity index (χ1v) is 13.2. The lowest BCUT2D eigenvalue weighted by molar-refractivity contribution is -0.139. The van der Waals surface area contributed by atoms with Crippen LogP contribution < -0.4 is 4.72 Å². The lowest BCUT2D eigenvalue weighted by Crippen LogP contribution is -2.40. The number of para-hydroxylation sites is 1. The average Bonchev–Trinajstić information content (AvgIpc) is 3.41. The third kappa shape index (κ3) is 4.48. The molecular weight excluding hydrogens is 452 g/mol. The Hall–Kier alpha value is -3.10. The van der Waals surface area contributed by atoms with Crippen LogP contribution in [0.3, 0.4) is 0 Å². The molecule has 178 valence electrons. The Kier molecular flexibility index (Phi) is 6.18. The Morgan fingerprint density at radius 1 is 1.09 bits per heavy atom. The lowest BCUT2D eigenvalue weighted by atomic mass is 9.96. The number of aryl methyl sites for hydroxylation is 3. The number of sulfonamides is 1. The highest BCUT2D eigenvalue weighted by Crippen LogP contribution is 2.33. The predicted octanol–water partition coefficient (Wildman–Crippen LogP) is 4.94. The number of carbonyl (C=O) groups is 1. The molecule has 7 nitrogen and oxygen atoms in total. The number of H-pyrrole nitrogens is 1. The van der Waals surface area contributed by atoms with Crippen molar-refractivity contribution in [2.75, 3.05) is 0 Å². The van der Waals surface area contributed by atoms with E-state index < -0.39 is 22.0 Å². The molecule has 0 fully saturated rings. The zero-order valence-electron chi connectivity index (χ0n) is 18.8. The van der Waals surface area contributed by atoms with Crippen molar-refractivity contribution in [1.29, 1.82) is 0 Å².